The Bertz CT molecular complexity index is 844. The maximum Gasteiger partial charge on any atom is 0.315 e. The molecule has 0 bridgehead atoms. The van der Waals surface area contributed by atoms with Crippen LogP contribution in [-0.4, -0.2) is 39.0 Å². The van der Waals surface area contributed by atoms with E-state index in [-0.39, 0.29) is 12.6 Å². The van der Waals surface area contributed by atoms with Crippen LogP contribution >= 0.6 is 11.3 Å². The smallest absolute Gasteiger partial charge is 0.315 e. The molecule has 0 fully saturated rings. The minimum atomic E-state index is -3.46. The molecule has 0 aliphatic rings. The molecule has 0 saturated carbocycles. The Balaban J connectivity index is 1.86. The molecule has 1 heterocycles. The zero-order valence-corrected chi connectivity index (χ0v) is 17.3. The molecule has 1 aromatic carbocycles. The lowest BCUT2D eigenvalue weighted by atomic mass is 10.2. The lowest BCUT2D eigenvalue weighted by Crippen LogP contribution is -2.34. The maximum atomic E-state index is 12.5. The maximum absolute atomic E-state index is 12.5. The van der Waals surface area contributed by atoms with Crippen LogP contribution in [0.25, 0.3) is 0 Å². The molecule has 2 N–H and O–H groups in total. The number of urea groups is 1. The molecule has 2 amide bonds. The average Bonchev–Trinajstić information content (AvgIpc) is 3.16. The number of carbonyl (C=O) groups excluding carboxylic acids is 1. The first-order chi connectivity index (χ1) is 12.9. The lowest BCUT2D eigenvalue weighted by Gasteiger charge is -2.16. The fraction of sp³-hybridized carbons (Fsp3) is 0.389. The van der Waals surface area contributed by atoms with Crippen molar-refractivity contribution in [3.05, 3.63) is 46.8 Å². The van der Waals surface area contributed by atoms with E-state index in [4.69, 9.17) is 4.74 Å². The van der Waals surface area contributed by atoms with Crippen LogP contribution in [0.15, 0.2) is 40.6 Å². The van der Waals surface area contributed by atoms with Gasteiger partial charge in [-0.2, -0.15) is 4.31 Å². The first kappa shape index (κ1) is 21.2. The fourth-order valence-corrected chi connectivity index (χ4v) is 5.35. The number of thiophene rings is 1. The highest BCUT2D eigenvalue weighted by atomic mass is 32.2. The zero-order valence-electron chi connectivity index (χ0n) is 15.7. The van der Waals surface area contributed by atoms with E-state index in [1.807, 2.05) is 38.1 Å². The summed E-state index contributed by atoms with van der Waals surface area (Å²) < 4.78 is 31.8. The molecule has 0 atom stereocenters. The number of ether oxygens (including phenoxy) is 1. The van der Waals surface area contributed by atoms with Gasteiger partial charge in [0, 0.05) is 24.5 Å². The highest BCUT2D eigenvalue weighted by molar-refractivity contribution is 7.91. The normalized spacial score (nSPS) is 11.4. The summed E-state index contributed by atoms with van der Waals surface area (Å²) >= 11 is 1.17. The van der Waals surface area contributed by atoms with Crippen molar-refractivity contribution < 1.29 is 17.9 Å². The molecule has 2 aromatic rings. The average molecular weight is 412 g/mol. The fourth-order valence-electron chi connectivity index (χ4n) is 2.44. The topological polar surface area (TPSA) is 87.7 Å². The monoisotopic (exact) mass is 411 g/mol. The van der Waals surface area contributed by atoms with E-state index in [9.17, 15) is 13.2 Å². The summed E-state index contributed by atoms with van der Waals surface area (Å²) in [6, 6.07) is 10.4. The second kappa shape index (κ2) is 9.72. The minimum Gasteiger partial charge on any atom is -0.497 e. The van der Waals surface area contributed by atoms with Crippen LogP contribution in [-0.2, 0) is 23.1 Å². The molecule has 148 valence electrons. The van der Waals surface area contributed by atoms with Gasteiger partial charge in [-0.05, 0) is 29.8 Å². The molecule has 9 heteroatoms. The van der Waals surface area contributed by atoms with Gasteiger partial charge >= 0.3 is 6.03 Å². The lowest BCUT2D eigenvalue weighted by molar-refractivity contribution is 0.240. The Morgan fingerprint density at radius 1 is 1.04 bits per heavy atom. The van der Waals surface area contributed by atoms with Crippen molar-refractivity contribution in [2.45, 2.75) is 31.1 Å². The molecule has 1 aromatic heterocycles. The van der Waals surface area contributed by atoms with Gasteiger partial charge in [0.1, 0.15) is 9.96 Å². The van der Waals surface area contributed by atoms with E-state index in [0.29, 0.717) is 23.8 Å². The van der Waals surface area contributed by atoms with Crippen molar-refractivity contribution in [3.63, 3.8) is 0 Å². The van der Waals surface area contributed by atoms with E-state index in [0.717, 1.165) is 16.2 Å². The van der Waals surface area contributed by atoms with E-state index < -0.39 is 10.0 Å². The summed E-state index contributed by atoms with van der Waals surface area (Å²) in [5.74, 6) is 0.761. The predicted molar refractivity (Wildman–Crippen MR) is 106 cm³/mol. The number of hydrogen-bond donors (Lipinski definition) is 2. The molecular weight excluding hydrogens is 386 g/mol. The minimum absolute atomic E-state index is 0.271. The Labute approximate surface area is 164 Å². The Kier molecular flexibility index (Phi) is 7.64. The number of sulfonamides is 1. The van der Waals surface area contributed by atoms with Gasteiger partial charge in [-0.3, -0.25) is 0 Å². The van der Waals surface area contributed by atoms with Crippen LogP contribution < -0.4 is 15.4 Å². The quantitative estimate of drug-likeness (QED) is 0.664. The van der Waals surface area contributed by atoms with E-state index in [1.54, 1.807) is 19.2 Å². The van der Waals surface area contributed by atoms with Gasteiger partial charge < -0.3 is 15.4 Å². The number of amides is 2. The third-order valence-electron chi connectivity index (χ3n) is 3.97. The van der Waals surface area contributed by atoms with Gasteiger partial charge in [-0.15, -0.1) is 11.3 Å². The molecule has 0 aliphatic heterocycles. The number of nitrogens with zero attached hydrogens (tertiary/aromatic N) is 1. The number of methoxy groups -OCH3 is 1. The van der Waals surface area contributed by atoms with Crippen molar-refractivity contribution in [1.29, 1.82) is 0 Å². The summed E-state index contributed by atoms with van der Waals surface area (Å²) in [4.78, 5) is 12.7. The van der Waals surface area contributed by atoms with Crippen LogP contribution in [0, 0.1) is 0 Å². The summed E-state index contributed by atoms with van der Waals surface area (Å²) in [7, 11) is -1.86. The second-order valence-corrected chi connectivity index (χ2v) is 9.03. The van der Waals surface area contributed by atoms with Crippen LogP contribution in [0.2, 0.25) is 0 Å². The van der Waals surface area contributed by atoms with Crippen LogP contribution in [0.3, 0.4) is 0 Å². The Morgan fingerprint density at radius 2 is 1.67 bits per heavy atom. The molecule has 0 saturated heterocycles. The standard InChI is InChI=1S/C18H25N3O4S2/c1-4-21(5-2)27(23,24)17-11-10-16(26-17)13-20-18(22)19-12-14-6-8-15(25-3)9-7-14/h6-11H,4-5,12-13H2,1-3H3,(H2,19,20,22). The van der Waals surface area contributed by atoms with Gasteiger partial charge in [0.15, 0.2) is 0 Å². The number of hydrogen-bond acceptors (Lipinski definition) is 5. The first-order valence-electron chi connectivity index (χ1n) is 8.64. The van der Waals surface area contributed by atoms with Crippen molar-refractivity contribution in [2.24, 2.45) is 0 Å². The Hall–Kier alpha value is -2.10. The van der Waals surface area contributed by atoms with Crippen molar-refractivity contribution in [1.82, 2.24) is 14.9 Å². The number of benzene rings is 1. The van der Waals surface area contributed by atoms with Crippen molar-refractivity contribution in [2.75, 3.05) is 20.2 Å². The molecular formula is C18H25N3O4S2. The summed E-state index contributed by atoms with van der Waals surface area (Å²) in [5.41, 5.74) is 0.953. The largest absolute Gasteiger partial charge is 0.497 e. The molecule has 0 aliphatic carbocycles. The molecule has 0 radical (unpaired) electrons. The summed E-state index contributed by atoms with van der Waals surface area (Å²) in [6.45, 7) is 5.14. The second-order valence-electron chi connectivity index (χ2n) is 5.69. The third-order valence-corrected chi connectivity index (χ3v) is 7.57. The summed E-state index contributed by atoms with van der Waals surface area (Å²) in [6.07, 6.45) is 0. The van der Waals surface area contributed by atoms with Crippen molar-refractivity contribution in [3.8, 4) is 5.75 Å². The van der Waals surface area contributed by atoms with Gasteiger partial charge in [-0.25, -0.2) is 13.2 Å². The van der Waals surface area contributed by atoms with Crippen molar-refractivity contribution >= 4 is 27.4 Å². The van der Waals surface area contributed by atoms with Gasteiger partial charge in [0.2, 0.25) is 0 Å². The van der Waals surface area contributed by atoms with Crippen LogP contribution in [0.1, 0.15) is 24.3 Å². The molecule has 2 rings (SSSR count). The molecule has 27 heavy (non-hydrogen) atoms. The van der Waals surface area contributed by atoms with Crippen LogP contribution in [0.4, 0.5) is 4.79 Å². The highest BCUT2D eigenvalue weighted by Crippen LogP contribution is 2.24. The predicted octanol–water partition coefficient (Wildman–Crippen LogP) is 2.79. The van der Waals surface area contributed by atoms with Crippen LogP contribution in [0.5, 0.6) is 5.75 Å². The van der Waals surface area contributed by atoms with E-state index in [1.165, 1.54) is 15.6 Å². The molecule has 0 spiro atoms. The number of nitrogens with one attached hydrogen (secondary N) is 2. The number of rotatable bonds is 9. The zero-order chi connectivity index (χ0) is 19.9. The Morgan fingerprint density at radius 3 is 2.26 bits per heavy atom. The SMILES string of the molecule is CCN(CC)S(=O)(=O)c1ccc(CNC(=O)NCc2ccc(OC)cc2)s1. The molecule has 7 nitrogen and oxygen atoms in total. The number of carbonyl (C=O) groups is 1. The summed E-state index contributed by atoms with van der Waals surface area (Å²) in [5, 5.41) is 5.51. The van der Waals surface area contributed by atoms with E-state index >= 15 is 0 Å². The first-order valence-corrected chi connectivity index (χ1v) is 10.9. The molecule has 0 unspecified atom stereocenters. The van der Waals surface area contributed by atoms with Gasteiger partial charge in [-0.1, -0.05) is 26.0 Å². The van der Waals surface area contributed by atoms with E-state index in [2.05, 4.69) is 10.6 Å². The third kappa shape index (κ3) is 5.69. The highest BCUT2D eigenvalue weighted by Gasteiger charge is 2.23. The van der Waals surface area contributed by atoms with Gasteiger partial charge in [0.05, 0.1) is 13.7 Å². The van der Waals surface area contributed by atoms with Gasteiger partial charge in [0.25, 0.3) is 10.0 Å².